The average Bonchev–Trinajstić information content (AvgIpc) is 3.09. The van der Waals surface area contributed by atoms with Crippen LogP contribution in [0.15, 0.2) is 22.8 Å². The molecule has 2 aromatic heterocycles. The van der Waals surface area contributed by atoms with Gasteiger partial charge in [0, 0.05) is 39.0 Å². The van der Waals surface area contributed by atoms with Crippen LogP contribution in [-0.2, 0) is 12.8 Å². The highest BCUT2D eigenvalue weighted by atomic mass is 16.3. The molecule has 0 amide bonds. The molecule has 3 heterocycles. The average molecular weight is 247 g/mol. The first-order chi connectivity index (χ1) is 8.92. The number of furan rings is 1. The van der Waals surface area contributed by atoms with Crippen molar-refractivity contribution in [1.82, 2.24) is 20.5 Å². The minimum absolute atomic E-state index is 0.811. The quantitative estimate of drug-likeness (QED) is 0.827. The number of aryl methyl sites for hydroxylation is 2. The van der Waals surface area contributed by atoms with Crippen LogP contribution in [0.1, 0.15) is 11.6 Å². The molecule has 6 heteroatoms. The van der Waals surface area contributed by atoms with Gasteiger partial charge >= 0.3 is 0 Å². The normalized spacial score (nSPS) is 16.1. The van der Waals surface area contributed by atoms with Crippen molar-refractivity contribution in [1.29, 1.82) is 0 Å². The number of H-pyrrole nitrogens is 1. The van der Waals surface area contributed by atoms with Gasteiger partial charge in [0.05, 0.1) is 6.26 Å². The first kappa shape index (κ1) is 11.3. The van der Waals surface area contributed by atoms with E-state index in [4.69, 9.17) is 4.42 Å². The Morgan fingerprint density at radius 1 is 1.28 bits per heavy atom. The van der Waals surface area contributed by atoms with Crippen LogP contribution in [0.2, 0.25) is 0 Å². The van der Waals surface area contributed by atoms with Crippen LogP contribution < -0.4 is 10.2 Å². The number of nitrogens with zero attached hydrogens (tertiary/aromatic N) is 3. The lowest BCUT2D eigenvalue weighted by atomic mass is 10.2. The summed E-state index contributed by atoms with van der Waals surface area (Å²) in [5.41, 5.74) is 0. The molecule has 1 fully saturated rings. The van der Waals surface area contributed by atoms with Gasteiger partial charge in [-0.1, -0.05) is 0 Å². The zero-order chi connectivity index (χ0) is 12.2. The molecular formula is C12H17N5O. The molecule has 0 aliphatic carbocycles. The summed E-state index contributed by atoms with van der Waals surface area (Å²) in [6, 6.07) is 3.88. The van der Waals surface area contributed by atoms with Gasteiger partial charge in [-0.2, -0.15) is 4.98 Å². The van der Waals surface area contributed by atoms with E-state index < -0.39 is 0 Å². The van der Waals surface area contributed by atoms with Crippen LogP contribution in [0.5, 0.6) is 0 Å². The van der Waals surface area contributed by atoms with Gasteiger partial charge < -0.3 is 14.6 Å². The van der Waals surface area contributed by atoms with Gasteiger partial charge in [0.25, 0.3) is 0 Å². The summed E-state index contributed by atoms with van der Waals surface area (Å²) >= 11 is 0. The highest BCUT2D eigenvalue weighted by Crippen LogP contribution is 2.10. The van der Waals surface area contributed by atoms with Crippen molar-refractivity contribution in [3.8, 4) is 0 Å². The Morgan fingerprint density at radius 2 is 2.17 bits per heavy atom. The maximum absolute atomic E-state index is 5.30. The Kier molecular flexibility index (Phi) is 3.27. The van der Waals surface area contributed by atoms with E-state index in [0.717, 1.165) is 56.6 Å². The SMILES string of the molecule is c1coc(CCc2nc(N3CCNCC3)n[nH]2)c1. The fourth-order valence-electron chi connectivity index (χ4n) is 2.10. The molecule has 6 nitrogen and oxygen atoms in total. The van der Waals surface area contributed by atoms with Gasteiger partial charge in [0.1, 0.15) is 11.6 Å². The first-order valence-corrected chi connectivity index (χ1v) is 6.31. The van der Waals surface area contributed by atoms with Crippen molar-refractivity contribution in [2.24, 2.45) is 0 Å². The summed E-state index contributed by atoms with van der Waals surface area (Å²) in [5.74, 6) is 2.71. The minimum atomic E-state index is 0.811. The van der Waals surface area contributed by atoms with Gasteiger partial charge in [-0.15, -0.1) is 5.10 Å². The van der Waals surface area contributed by atoms with E-state index >= 15 is 0 Å². The number of aromatic amines is 1. The lowest BCUT2D eigenvalue weighted by Gasteiger charge is -2.25. The fraction of sp³-hybridized carbons (Fsp3) is 0.500. The molecule has 2 aromatic rings. The summed E-state index contributed by atoms with van der Waals surface area (Å²) in [4.78, 5) is 6.72. The largest absolute Gasteiger partial charge is 0.469 e. The summed E-state index contributed by atoms with van der Waals surface area (Å²) in [6.07, 6.45) is 3.37. The molecule has 0 atom stereocenters. The number of aromatic nitrogens is 3. The van der Waals surface area contributed by atoms with Crippen molar-refractivity contribution >= 4 is 5.95 Å². The highest BCUT2D eigenvalue weighted by Gasteiger charge is 2.14. The summed E-state index contributed by atoms with van der Waals surface area (Å²) in [5, 5.41) is 10.6. The van der Waals surface area contributed by atoms with Crippen LogP contribution in [0.25, 0.3) is 0 Å². The summed E-state index contributed by atoms with van der Waals surface area (Å²) in [7, 11) is 0. The van der Waals surface area contributed by atoms with Gasteiger partial charge in [0.15, 0.2) is 0 Å². The second kappa shape index (κ2) is 5.22. The van der Waals surface area contributed by atoms with Crippen LogP contribution in [-0.4, -0.2) is 41.4 Å². The fourth-order valence-corrected chi connectivity index (χ4v) is 2.10. The zero-order valence-electron chi connectivity index (χ0n) is 10.2. The van der Waals surface area contributed by atoms with E-state index in [1.165, 1.54) is 0 Å². The molecule has 96 valence electrons. The second-order valence-corrected chi connectivity index (χ2v) is 4.40. The van der Waals surface area contributed by atoms with Crippen LogP contribution in [0.3, 0.4) is 0 Å². The molecule has 2 N–H and O–H groups in total. The summed E-state index contributed by atoms with van der Waals surface area (Å²) < 4.78 is 5.30. The van der Waals surface area contributed by atoms with Gasteiger partial charge in [0.2, 0.25) is 5.95 Å². The van der Waals surface area contributed by atoms with Crippen LogP contribution in [0.4, 0.5) is 5.95 Å². The Morgan fingerprint density at radius 3 is 2.94 bits per heavy atom. The minimum Gasteiger partial charge on any atom is -0.469 e. The van der Waals surface area contributed by atoms with Crippen molar-refractivity contribution in [3.05, 3.63) is 30.0 Å². The lowest BCUT2D eigenvalue weighted by molar-refractivity contribution is 0.506. The molecule has 0 spiro atoms. The highest BCUT2D eigenvalue weighted by molar-refractivity contribution is 5.29. The predicted octanol–water partition coefficient (Wildman–Crippen LogP) is 0.592. The number of piperazine rings is 1. The zero-order valence-corrected chi connectivity index (χ0v) is 10.2. The molecular weight excluding hydrogens is 230 g/mol. The van der Waals surface area contributed by atoms with Crippen LogP contribution in [0, 0.1) is 0 Å². The Bertz CT molecular complexity index is 472. The molecule has 0 aromatic carbocycles. The van der Waals surface area contributed by atoms with E-state index in [0.29, 0.717) is 0 Å². The van der Waals surface area contributed by atoms with Crippen molar-refractivity contribution in [2.45, 2.75) is 12.8 Å². The van der Waals surface area contributed by atoms with E-state index in [-0.39, 0.29) is 0 Å². The molecule has 1 aliphatic rings. The van der Waals surface area contributed by atoms with E-state index in [1.807, 2.05) is 12.1 Å². The first-order valence-electron chi connectivity index (χ1n) is 6.31. The molecule has 3 rings (SSSR count). The van der Waals surface area contributed by atoms with Gasteiger partial charge in [-0.25, -0.2) is 0 Å². The topological polar surface area (TPSA) is 70.0 Å². The Balaban J connectivity index is 1.59. The molecule has 0 saturated carbocycles. The van der Waals surface area contributed by atoms with Crippen molar-refractivity contribution in [2.75, 3.05) is 31.1 Å². The third-order valence-electron chi connectivity index (χ3n) is 3.11. The Hall–Kier alpha value is -1.82. The number of hydrogen-bond acceptors (Lipinski definition) is 5. The second-order valence-electron chi connectivity index (χ2n) is 4.40. The number of hydrogen-bond donors (Lipinski definition) is 2. The molecule has 0 unspecified atom stereocenters. The lowest BCUT2D eigenvalue weighted by Crippen LogP contribution is -2.44. The maximum Gasteiger partial charge on any atom is 0.244 e. The standard InChI is InChI=1S/C12H17N5O/c1-2-10(18-9-1)3-4-11-14-12(16-15-11)17-7-5-13-6-8-17/h1-2,9,13H,3-8H2,(H,14,15,16). The molecule has 1 saturated heterocycles. The molecule has 1 aliphatic heterocycles. The van der Waals surface area contributed by atoms with Crippen LogP contribution >= 0.6 is 0 Å². The van der Waals surface area contributed by atoms with E-state index in [9.17, 15) is 0 Å². The maximum atomic E-state index is 5.30. The molecule has 18 heavy (non-hydrogen) atoms. The molecule has 0 bridgehead atoms. The van der Waals surface area contributed by atoms with Crippen molar-refractivity contribution < 1.29 is 4.42 Å². The smallest absolute Gasteiger partial charge is 0.244 e. The van der Waals surface area contributed by atoms with E-state index in [1.54, 1.807) is 6.26 Å². The Labute approximate surface area is 105 Å². The predicted molar refractivity (Wildman–Crippen MR) is 67.6 cm³/mol. The summed E-state index contributed by atoms with van der Waals surface area (Å²) in [6.45, 7) is 3.93. The number of rotatable bonds is 4. The van der Waals surface area contributed by atoms with Gasteiger partial charge in [-0.3, -0.25) is 5.10 Å². The number of nitrogens with one attached hydrogen (secondary N) is 2. The third kappa shape index (κ3) is 2.53. The third-order valence-corrected chi connectivity index (χ3v) is 3.11. The van der Waals surface area contributed by atoms with E-state index in [2.05, 4.69) is 25.4 Å². The monoisotopic (exact) mass is 247 g/mol. The number of anilines is 1. The molecule has 0 radical (unpaired) electrons. The van der Waals surface area contributed by atoms with Gasteiger partial charge in [-0.05, 0) is 12.1 Å². The van der Waals surface area contributed by atoms with Crippen molar-refractivity contribution in [3.63, 3.8) is 0 Å².